The first-order valence-corrected chi connectivity index (χ1v) is 15.2. The molecular formula is C35H39N5O7. The lowest BCUT2D eigenvalue weighted by atomic mass is 9.99. The molecule has 4 rings (SSSR count). The number of para-hydroxylation sites is 1. The van der Waals surface area contributed by atoms with E-state index in [1.165, 1.54) is 14.0 Å². The van der Waals surface area contributed by atoms with Crippen molar-refractivity contribution >= 4 is 40.5 Å². The molecule has 4 aromatic rings. The number of carbonyl (C=O) groups is 5. The average molecular weight is 642 g/mol. The highest BCUT2D eigenvalue weighted by Gasteiger charge is 2.32. The molecule has 0 radical (unpaired) electrons. The van der Waals surface area contributed by atoms with E-state index in [0.717, 1.165) is 27.6 Å². The van der Waals surface area contributed by atoms with Crippen molar-refractivity contribution in [3.05, 3.63) is 108 Å². The molecule has 0 aliphatic carbocycles. The lowest BCUT2D eigenvalue weighted by Gasteiger charge is -2.24. The summed E-state index contributed by atoms with van der Waals surface area (Å²) in [4.78, 5) is 68.8. The number of carbonyl (C=O) groups excluding carboxylic acids is 5. The maximum absolute atomic E-state index is 13.9. The van der Waals surface area contributed by atoms with Crippen molar-refractivity contribution in [1.29, 1.82) is 0 Å². The minimum atomic E-state index is -1.22. The van der Waals surface area contributed by atoms with Gasteiger partial charge in [-0.05, 0) is 29.7 Å². The molecule has 5 N–H and O–H groups in total. The number of hydrogen-bond donors (Lipinski definition) is 5. The second-order valence-electron chi connectivity index (χ2n) is 10.9. The van der Waals surface area contributed by atoms with Gasteiger partial charge in [-0.3, -0.25) is 19.2 Å². The van der Waals surface area contributed by atoms with E-state index < -0.39 is 47.7 Å². The molecule has 3 aromatic carbocycles. The quantitative estimate of drug-likeness (QED) is 0.0926. The molecular weight excluding hydrogens is 602 g/mol. The third-order valence-electron chi connectivity index (χ3n) is 7.40. The van der Waals surface area contributed by atoms with Gasteiger partial charge in [0.15, 0.2) is 0 Å². The number of benzene rings is 3. The van der Waals surface area contributed by atoms with Gasteiger partial charge >= 0.3 is 6.09 Å². The van der Waals surface area contributed by atoms with Crippen LogP contribution < -0.4 is 21.3 Å². The molecule has 1 heterocycles. The van der Waals surface area contributed by atoms with Crippen molar-refractivity contribution in [2.24, 2.45) is 0 Å². The number of alkyl carbamates (subject to hydrolysis) is 1. The Morgan fingerprint density at radius 1 is 0.745 bits per heavy atom. The minimum absolute atomic E-state index is 0.0164. The van der Waals surface area contributed by atoms with Gasteiger partial charge in [-0.15, -0.1) is 0 Å². The Bertz CT molecular complexity index is 1660. The topological polar surface area (TPSA) is 168 Å². The number of rotatable bonds is 16. The summed E-state index contributed by atoms with van der Waals surface area (Å²) in [7, 11) is 1.47. The summed E-state index contributed by atoms with van der Waals surface area (Å²) in [6, 6.07) is 22.1. The number of fused-ring (bicyclic) bond motifs is 1. The molecule has 246 valence electrons. The van der Waals surface area contributed by atoms with Crippen LogP contribution in [0.15, 0.2) is 91.1 Å². The number of aromatic nitrogens is 1. The van der Waals surface area contributed by atoms with Crippen molar-refractivity contribution in [1.82, 2.24) is 26.3 Å². The number of amides is 4. The average Bonchev–Trinajstić information content (AvgIpc) is 3.49. The number of ether oxygens (including phenoxy) is 2. The second-order valence-corrected chi connectivity index (χ2v) is 10.9. The first-order valence-electron chi connectivity index (χ1n) is 15.2. The standard InChI is InChI=1S/C35H39N5O7/c1-23(38-35(45)47-22-25-13-7-4-8-14-25)32(42)40-30(20-26-21-37-28-16-10-9-15-27(26)28)33(43)39-29(19-24-11-5-3-6-12-24)31(41)34(44)36-17-18-46-2/h3-16,21,23,29-30,37H,17-20,22H2,1-2H3,(H,36,44)(H,38,45)(H,39,43)(H,40,42). The van der Waals surface area contributed by atoms with Gasteiger partial charge in [0.1, 0.15) is 24.7 Å². The van der Waals surface area contributed by atoms with E-state index in [9.17, 15) is 24.0 Å². The number of methoxy groups -OCH3 is 1. The maximum Gasteiger partial charge on any atom is 0.408 e. The van der Waals surface area contributed by atoms with Gasteiger partial charge in [-0.25, -0.2) is 4.79 Å². The normalized spacial score (nSPS) is 12.7. The highest BCUT2D eigenvalue weighted by molar-refractivity contribution is 6.38. The van der Waals surface area contributed by atoms with Crippen molar-refractivity contribution in [3.8, 4) is 0 Å². The van der Waals surface area contributed by atoms with E-state index in [1.54, 1.807) is 42.6 Å². The monoisotopic (exact) mass is 641 g/mol. The van der Waals surface area contributed by atoms with Gasteiger partial charge in [-0.2, -0.15) is 0 Å². The Hall–Kier alpha value is -5.49. The third-order valence-corrected chi connectivity index (χ3v) is 7.40. The molecule has 47 heavy (non-hydrogen) atoms. The van der Waals surface area contributed by atoms with E-state index in [-0.39, 0.29) is 32.6 Å². The fourth-order valence-corrected chi connectivity index (χ4v) is 4.88. The van der Waals surface area contributed by atoms with Crippen molar-refractivity contribution in [2.75, 3.05) is 20.3 Å². The summed E-state index contributed by atoms with van der Waals surface area (Å²) in [5, 5.41) is 11.3. The molecule has 0 aliphatic heterocycles. The molecule has 0 saturated heterocycles. The summed E-state index contributed by atoms with van der Waals surface area (Å²) in [6.45, 7) is 1.80. The molecule has 0 saturated carbocycles. The van der Waals surface area contributed by atoms with Crippen LogP contribution in [0.2, 0.25) is 0 Å². The van der Waals surface area contributed by atoms with E-state index in [2.05, 4.69) is 26.3 Å². The number of ketones is 1. The smallest absolute Gasteiger partial charge is 0.408 e. The van der Waals surface area contributed by atoms with Gasteiger partial charge in [-0.1, -0.05) is 78.9 Å². The summed E-state index contributed by atoms with van der Waals surface area (Å²) in [6.07, 6.45) is 1.04. The molecule has 4 amide bonds. The minimum Gasteiger partial charge on any atom is -0.445 e. The van der Waals surface area contributed by atoms with Crippen LogP contribution in [0, 0.1) is 0 Å². The second kappa shape index (κ2) is 17.3. The fraction of sp³-hybridized carbons (Fsp3) is 0.286. The summed E-state index contributed by atoms with van der Waals surface area (Å²) in [5.74, 6) is -3.04. The van der Waals surface area contributed by atoms with Gasteiger partial charge < -0.3 is 35.7 Å². The predicted molar refractivity (Wildman–Crippen MR) is 175 cm³/mol. The Morgan fingerprint density at radius 2 is 1.38 bits per heavy atom. The predicted octanol–water partition coefficient (Wildman–Crippen LogP) is 2.57. The number of H-pyrrole nitrogens is 1. The Balaban J connectivity index is 1.51. The summed E-state index contributed by atoms with van der Waals surface area (Å²) >= 11 is 0. The van der Waals surface area contributed by atoms with Gasteiger partial charge in [0.05, 0.1) is 6.61 Å². The third kappa shape index (κ3) is 10.3. The lowest BCUT2D eigenvalue weighted by Crippen LogP contribution is -2.57. The zero-order valence-corrected chi connectivity index (χ0v) is 26.3. The van der Waals surface area contributed by atoms with Crippen LogP contribution in [-0.2, 0) is 48.1 Å². The molecule has 0 fully saturated rings. The molecule has 1 aromatic heterocycles. The zero-order chi connectivity index (χ0) is 33.6. The first kappa shape index (κ1) is 34.4. The van der Waals surface area contributed by atoms with Crippen LogP contribution >= 0.6 is 0 Å². The Morgan fingerprint density at radius 3 is 2.09 bits per heavy atom. The molecule has 0 bridgehead atoms. The van der Waals surface area contributed by atoms with Crippen LogP contribution in [0.4, 0.5) is 4.79 Å². The van der Waals surface area contributed by atoms with Crippen molar-refractivity contribution in [3.63, 3.8) is 0 Å². The van der Waals surface area contributed by atoms with Gasteiger partial charge in [0.25, 0.3) is 5.91 Å². The molecule has 3 unspecified atom stereocenters. The fourth-order valence-electron chi connectivity index (χ4n) is 4.88. The molecule has 3 atom stereocenters. The SMILES string of the molecule is COCCNC(=O)C(=O)C(Cc1ccccc1)NC(=O)C(Cc1c[nH]c2ccccc12)NC(=O)C(C)NC(=O)OCc1ccccc1. The molecule has 0 aliphatic rings. The van der Waals surface area contributed by atoms with Crippen molar-refractivity contribution in [2.45, 2.75) is 44.5 Å². The number of nitrogens with one attached hydrogen (secondary N) is 5. The highest BCUT2D eigenvalue weighted by Crippen LogP contribution is 2.19. The van der Waals surface area contributed by atoms with E-state index in [4.69, 9.17) is 9.47 Å². The Kier molecular flexibility index (Phi) is 12.6. The number of hydrogen-bond acceptors (Lipinski definition) is 7. The van der Waals surface area contributed by atoms with Crippen LogP contribution in [0.25, 0.3) is 10.9 Å². The van der Waals surface area contributed by atoms with E-state index in [1.807, 2.05) is 48.5 Å². The van der Waals surface area contributed by atoms with Crippen LogP contribution in [-0.4, -0.2) is 73.0 Å². The number of Topliss-reactive ketones (excluding diaryl/α,β-unsaturated/α-hetero) is 1. The van der Waals surface area contributed by atoms with Crippen LogP contribution in [0.5, 0.6) is 0 Å². The Labute approximate surface area is 272 Å². The largest absolute Gasteiger partial charge is 0.445 e. The van der Waals surface area contributed by atoms with Crippen LogP contribution in [0.1, 0.15) is 23.6 Å². The van der Waals surface area contributed by atoms with E-state index >= 15 is 0 Å². The molecule has 12 heteroatoms. The van der Waals surface area contributed by atoms with E-state index in [0.29, 0.717) is 0 Å². The van der Waals surface area contributed by atoms with Crippen molar-refractivity contribution < 1.29 is 33.4 Å². The zero-order valence-electron chi connectivity index (χ0n) is 26.3. The van der Waals surface area contributed by atoms with Crippen LogP contribution in [0.3, 0.4) is 0 Å². The van der Waals surface area contributed by atoms with Gasteiger partial charge in [0, 0.05) is 43.6 Å². The van der Waals surface area contributed by atoms with Gasteiger partial charge in [0.2, 0.25) is 17.6 Å². The highest BCUT2D eigenvalue weighted by atomic mass is 16.5. The summed E-state index contributed by atoms with van der Waals surface area (Å²) < 4.78 is 10.2. The maximum atomic E-state index is 13.9. The first-order chi connectivity index (χ1) is 22.7. The number of aromatic amines is 1. The molecule has 0 spiro atoms. The summed E-state index contributed by atoms with van der Waals surface area (Å²) in [5.41, 5.74) is 3.09. The molecule has 12 nitrogen and oxygen atoms in total. The lowest BCUT2D eigenvalue weighted by molar-refractivity contribution is -0.140.